The van der Waals surface area contributed by atoms with Crippen LogP contribution in [0.1, 0.15) is 12.8 Å². The smallest absolute Gasteiger partial charge is 0.319 e. The van der Waals surface area contributed by atoms with Gasteiger partial charge in [-0.15, -0.1) is 0 Å². The Morgan fingerprint density at radius 2 is 2.12 bits per heavy atom. The number of hydrogen-bond acceptors (Lipinski definition) is 4. The number of carbonyl (C=O) groups is 1. The molecule has 0 aromatic carbocycles. The SMILES string of the molecule is CN(C)C(=O)N1CCC2(CC1)CN=C(N)O2. The maximum absolute atomic E-state index is 11.7. The number of nitrogens with two attached hydrogens (primary N) is 1. The number of rotatable bonds is 0. The summed E-state index contributed by atoms with van der Waals surface area (Å²) in [5.74, 6) is 0. The van der Waals surface area contributed by atoms with E-state index in [1.807, 2.05) is 4.90 Å². The number of nitrogens with zero attached hydrogens (tertiary/aromatic N) is 3. The van der Waals surface area contributed by atoms with Crippen LogP contribution >= 0.6 is 0 Å². The molecule has 0 atom stereocenters. The van der Waals surface area contributed by atoms with Crippen molar-refractivity contribution in [2.45, 2.75) is 18.4 Å². The normalized spacial score (nSPS) is 22.9. The second kappa shape index (κ2) is 3.84. The maximum Gasteiger partial charge on any atom is 0.319 e. The van der Waals surface area contributed by atoms with Gasteiger partial charge in [-0.05, 0) is 0 Å². The van der Waals surface area contributed by atoms with E-state index in [4.69, 9.17) is 10.5 Å². The highest BCUT2D eigenvalue weighted by Crippen LogP contribution is 2.30. The lowest BCUT2D eigenvalue weighted by Crippen LogP contribution is -2.51. The first-order valence-electron chi connectivity index (χ1n) is 5.48. The Labute approximate surface area is 95.0 Å². The monoisotopic (exact) mass is 226 g/mol. The second-order valence-corrected chi connectivity index (χ2v) is 4.60. The van der Waals surface area contributed by atoms with Crippen LogP contribution in [0.2, 0.25) is 0 Å². The van der Waals surface area contributed by atoms with Gasteiger partial charge < -0.3 is 20.3 Å². The molecule has 2 heterocycles. The van der Waals surface area contributed by atoms with Gasteiger partial charge in [0, 0.05) is 40.0 Å². The molecule has 0 aliphatic carbocycles. The fourth-order valence-electron chi connectivity index (χ4n) is 2.16. The molecule has 2 rings (SSSR count). The minimum atomic E-state index is -0.243. The zero-order valence-electron chi connectivity index (χ0n) is 9.77. The number of aliphatic imine (C=N–C) groups is 1. The molecule has 0 bridgehead atoms. The van der Waals surface area contributed by atoms with E-state index in [1.54, 1.807) is 19.0 Å². The van der Waals surface area contributed by atoms with Crippen LogP contribution in [0.5, 0.6) is 0 Å². The van der Waals surface area contributed by atoms with Crippen molar-refractivity contribution in [2.24, 2.45) is 10.7 Å². The summed E-state index contributed by atoms with van der Waals surface area (Å²) in [7, 11) is 3.53. The van der Waals surface area contributed by atoms with Crippen molar-refractivity contribution < 1.29 is 9.53 Å². The lowest BCUT2D eigenvalue weighted by atomic mass is 9.92. The fourth-order valence-corrected chi connectivity index (χ4v) is 2.16. The average Bonchev–Trinajstić information content (AvgIpc) is 2.60. The lowest BCUT2D eigenvalue weighted by Gasteiger charge is -2.38. The largest absolute Gasteiger partial charge is 0.457 e. The average molecular weight is 226 g/mol. The predicted molar refractivity (Wildman–Crippen MR) is 60.2 cm³/mol. The zero-order valence-corrected chi connectivity index (χ0v) is 9.77. The van der Waals surface area contributed by atoms with Crippen molar-refractivity contribution in [3.63, 3.8) is 0 Å². The number of hydrogen-bond donors (Lipinski definition) is 1. The molecule has 2 N–H and O–H groups in total. The summed E-state index contributed by atoms with van der Waals surface area (Å²) in [4.78, 5) is 19.2. The highest BCUT2D eigenvalue weighted by atomic mass is 16.5. The van der Waals surface area contributed by atoms with Crippen LogP contribution in [0.15, 0.2) is 4.99 Å². The molecule has 0 saturated carbocycles. The molecule has 90 valence electrons. The van der Waals surface area contributed by atoms with Gasteiger partial charge in [-0.25, -0.2) is 9.79 Å². The standard InChI is InChI=1S/C10H18N4O2/c1-13(2)9(15)14-5-3-10(4-6-14)7-12-8(11)16-10/h3-7H2,1-2H3,(H2,11,12). The number of amidine groups is 1. The number of ether oxygens (including phenoxy) is 1. The molecule has 2 aliphatic heterocycles. The van der Waals surface area contributed by atoms with Crippen LogP contribution in [-0.4, -0.2) is 61.2 Å². The minimum absolute atomic E-state index is 0.0572. The van der Waals surface area contributed by atoms with Gasteiger partial charge in [0.05, 0.1) is 6.54 Å². The predicted octanol–water partition coefficient (Wildman–Crippen LogP) is -0.152. The van der Waals surface area contributed by atoms with E-state index >= 15 is 0 Å². The molecular weight excluding hydrogens is 208 g/mol. The van der Waals surface area contributed by atoms with E-state index in [0.29, 0.717) is 19.6 Å². The maximum atomic E-state index is 11.7. The van der Waals surface area contributed by atoms with Crippen molar-refractivity contribution in [1.82, 2.24) is 9.80 Å². The molecule has 0 radical (unpaired) electrons. The van der Waals surface area contributed by atoms with Gasteiger partial charge in [-0.1, -0.05) is 0 Å². The van der Waals surface area contributed by atoms with E-state index in [9.17, 15) is 4.79 Å². The summed E-state index contributed by atoms with van der Waals surface area (Å²) in [6, 6.07) is 0.342. The number of carbonyl (C=O) groups excluding carboxylic acids is 1. The van der Waals surface area contributed by atoms with E-state index in [-0.39, 0.29) is 17.7 Å². The van der Waals surface area contributed by atoms with Crippen LogP contribution in [0.3, 0.4) is 0 Å². The van der Waals surface area contributed by atoms with Gasteiger partial charge >= 0.3 is 6.03 Å². The molecule has 16 heavy (non-hydrogen) atoms. The summed E-state index contributed by atoms with van der Waals surface area (Å²) >= 11 is 0. The molecular formula is C10H18N4O2. The van der Waals surface area contributed by atoms with Crippen molar-refractivity contribution in [3.8, 4) is 0 Å². The zero-order chi connectivity index (χ0) is 11.8. The van der Waals surface area contributed by atoms with Crippen molar-refractivity contribution in [3.05, 3.63) is 0 Å². The summed E-state index contributed by atoms with van der Waals surface area (Å²) < 4.78 is 5.55. The Kier molecular flexibility index (Phi) is 2.65. The minimum Gasteiger partial charge on any atom is -0.457 e. The number of amides is 2. The molecule has 0 aromatic heterocycles. The fraction of sp³-hybridized carbons (Fsp3) is 0.800. The summed E-state index contributed by atoms with van der Waals surface area (Å²) in [5.41, 5.74) is 5.28. The molecule has 1 spiro atoms. The second-order valence-electron chi connectivity index (χ2n) is 4.60. The van der Waals surface area contributed by atoms with Crippen LogP contribution in [-0.2, 0) is 4.74 Å². The highest BCUT2D eigenvalue weighted by Gasteiger charge is 2.41. The third-order valence-corrected chi connectivity index (χ3v) is 3.17. The van der Waals surface area contributed by atoms with Crippen LogP contribution < -0.4 is 5.73 Å². The Hall–Kier alpha value is -1.46. The Balaban J connectivity index is 1.90. The first-order valence-corrected chi connectivity index (χ1v) is 5.48. The van der Waals surface area contributed by atoms with E-state index < -0.39 is 0 Å². The highest BCUT2D eigenvalue weighted by molar-refractivity contribution is 5.75. The van der Waals surface area contributed by atoms with Crippen molar-refractivity contribution in [2.75, 3.05) is 33.7 Å². The molecule has 6 nitrogen and oxygen atoms in total. The quantitative estimate of drug-likeness (QED) is 0.624. The van der Waals surface area contributed by atoms with Crippen LogP contribution in [0.4, 0.5) is 4.79 Å². The first-order chi connectivity index (χ1) is 7.52. The topological polar surface area (TPSA) is 71.2 Å². The number of likely N-dealkylation sites (tertiary alicyclic amines) is 1. The molecule has 0 unspecified atom stereocenters. The van der Waals surface area contributed by atoms with Crippen molar-refractivity contribution >= 4 is 12.1 Å². The molecule has 0 aromatic rings. The third-order valence-electron chi connectivity index (χ3n) is 3.17. The van der Waals surface area contributed by atoms with Crippen LogP contribution in [0, 0.1) is 0 Å². The van der Waals surface area contributed by atoms with Gasteiger partial charge in [0.15, 0.2) is 0 Å². The first kappa shape index (κ1) is 11.0. The number of piperidine rings is 1. The molecule has 6 heteroatoms. The number of urea groups is 1. The molecule has 1 fully saturated rings. The third kappa shape index (κ3) is 1.91. The summed E-state index contributed by atoms with van der Waals surface area (Å²) in [6.45, 7) is 2.04. The van der Waals surface area contributed by atoms with Gasteiger partial charge in [-0.3, -0.25) is 0 Å². The van der Waals surface area contributed by atoms with Gasteiger partial charge in [0.2, 0.25) is 0 Å². The Morgan fingerprint density at radius 1 is 1.50 bits per heavy atom. The Bertz CT molecular complexity index is 319. The molecule has 1 saturated heterocycles. The van der Waals surface area contributed by atoms with Crippen LogP contribution in [0.25, 0.3) is 0 Å². The van der Waals surface area contributed by atoms with Gasteiger partial charge in [0.25, 0.3) is 6.02 Å². The molecule has 2 aliphatic rings. The summed E-state index contributed by atoms with van der Waals surface area (Å²) in [6.07, 6.45) is 1.60. The molecule has 2 amide bonds. The lowest BCUT2D eigenvalue weighted by molar-refractivity contribution is 0.0210. The van der Waals surface area contributed by atoms with E-state index in [2.05, 4.69) is 4.99 Å². The Morgan fingerprint density at radius 3 is 2.56 bits per heavy atom. The van der Waals surface area contributed by atoms with Gasteiger partial charge in [-0.2, -0.15) is 0 Å². The van der Waals surface area contributed by atoms with Crippen molar-refractivity contribution in [1.29, 1.82) is 0 Å². The van der Waals surface area contributed by atoms with E-state index in [0.717, 1.165) is 12.8 Å². The van der Waals surface area contributed by atoms with E-state index in [1.165, 1.54) is 0 Å². The van der Waals surface area contributed by atoms with Gasteiger partial charge in [0.1, 0.15) is 5.60 Å². The summed E-state index contributed by atoms with van der Waals surface area (Å²) in [5, 5.41) is 0.